The molecule has 0 aliphatic rings. The largest absolute Gasteiger partial charge is 0.411 e. The van der Waals surface area contributed by atoms with E-state index in [0.717, 1.165) is 11.1 Å². The van der Waals surface area contributed by atoms with Crippen molar-refractivity contribution in [3.8, 4) is 0 Å². The molecule has 0 atom stereocenters. The molecule has 0 unspecified atom stereocenters. The van der Waals surface area contributed by atoms with Crippen LogP contribution in [0.3, 0.4) is 0 Å². The number of nitrogens with one attached hydrogen (secondary N) is 1. The number of amides is 1. The van der Waals surface area contributed by atoms with Crippen LogP contribution in [0.4, 0.5) is 0 Å². The van der Waals surface area contributed by atoms with Gasteiger partial charge in [0.15, 0.2) is 0 Å². The Balaban J connectivity index is 2.59. The number of nitrogens with zero attached hydrogens (tertiary/aromatic N) is 1. The zero-order valence-corrected chi connectivity index (χ0v) is 9.05. The smallest absolute Gasteiger partial charge is 0.217 e. The van der Waals surface area contributed by atoms with Gasteiger partial charge in [-0.05, 0) is 17.2 Å². The summed E-state index contributed by atoms with van der Waals surface area (Å²) in [6.45, 7) is 1.99. The lowest BCUT2D eigenvalue weighted by Gasteiger charge is -1.97. The molecule has 0 radical (unpaired) electrons. The van der Waals surface area contributed by atoms with Gasteiger partial charge in [-0.1, -0.05) is 35.5 Å². The van der Waals surface area contributed by atoms with E-state index in [9.17, 15) is 4.79 Å². The Bertz CT molecular complexity index is 411. The molecule has 4 nitrogen and oxygen atoms in total. The van der Waals surface area contributed by atoms with E-state index in [0.29, 0.717) is 6.54 Å². The van der Waals surface area contributed by atoms with Crippen LogP contribution >= 0.6 is 0 Å². The highest BCUT2D eigenvalue weighted by Crippen LogP contribution is 2.05. The molecular weight excluding hydrogens is 204 g/mol. The number of rotatable bonds is 4. The summed E-state index contributed by atoms with van der Waals surface area (Å²) in [6, 6.07) is 7.52. The standard InChI is InChI=1S/C12H14N2O2/c1-10(15)13-7-3-6-11-4-2-5-12(8-11)9-14-16/h2-6,8-9,16H,7H2,1H3,(H,13,15). The van der Waals surface area contributed by atoms with Crippen molar-refractivity contribution in [2.45, 2.75) is 6.92 Å². The first-order valence-electron chi connectivity index (χ1n) is 4.91. The van der Waals surface area contributed by atoms with E-state index in [-0.39, 0.29) is 5.91 Å². The predicted octanol–water partition coefficient (Wildman–Crippen LogP) is 1.64. The first-order chi connectivity index (χ1) is 7.72. The Hall–Kier alpha value is -2.10. The van der Waals surface area contributed by atoms with Crippen LogP contribution in [0.2, 0.25) is 0 Å². The first-order valence-corrected chi connectivity index (χ1v) is 4.91. The molecule has 84 valence electrons. The van der Waals surface area contributed by atoms with Gasteiger partial charge in [-0.2, -0.15) is 0 Å². The van der Waals surface area contributed by atoms with Gasteiger partial charge in [0.2, 0.25) is 5.91 Å². The molecule has 0 aromatic heterocycles. The maximum absolute atomic E-state index is 10.6. The quantitative estimate of drug-likeness (QED) is 0.458. The molecule has 4 heteroatoms. The van der Waals surface area contributed by atoms with Crippen molar-refractivity contribution in [1.29, 1.82) is 0 Å². The summed E-state index contributed by atoms with van der Waals surface area (Å²) < 4.78 is 0. The van der Waals surface area contributed by atoms with Crippen molar-refractivity contribution in [2.24, 2.45) is 5.16 Å². The molecule has 0 fully saturated rings. The third-order valence-electron chi connectivity index (χ3n) is 1.90. The molecule has 0 saturated carbocycles. The molecule has 0 heterocycles. The normalized spacial score (nSPS) is 11.1. The molecule has 0 bridgehead atoms. The minimum atomic E-state index is -0.0502. The third kappa shape index (κ3) is 4.41. The average Bonchev–Trinajstić information content (AvgIpc) is 2.25. The lowest BCUT2D eigenvalue weighted by atomic mass is 10.1. The number of benzene rings is 1. The second-order valence-corrected chi connectivity index (χ2v) is 3.25. The highest BCUT2D eigenvalue weighted by molar-refractivity contribution is 5.80. The second-order valence-electron chi connectivity index (χ2n) is 3.25. The lowest BCUT2D eigenvalue weighted by molar-refractivity contribution is -0.118. The topological polar surface area (TPSA) is 61.7 Å². The maximum Gasteiger partial charge on any atom is 0.217 e. The first kappa shape index (κ1) is 12.0. The fraction of sp³-hybridized carbons (Fsp3) is 0.167. The van der Waals surface area contributed by atoms with Gasteiger partial charge in [-0.15, -0.1) is 0 Å². The summed E-state index contributed by atoms with van der Waals surface area (Å²) in [6.07, 6.45) is 5.12. The Labute approximate surface area is 94.3 Å². The molecular formula is C12H14N2O2. The van der Waals surface area contributed by atoms with Crippen molar-refractivity contribution in [3.63, 3.8) is 0 Å². The minimum absolute atomic E-state index is 0.0502. The number of oxime groups is 1. The molecule has 0 spiro atoms. The number of hydrogen-bond donors (Lipinski definition) is 2. The highest BCUT2D eigenvalue weighted by Gasteiger charge is 1.90. The van der Waals surface area contributed by atoms with Crippen LogP contribution in [0, 0.1) is 0 Å². The van der Waals surface area contributed by atoms with Gasteiger partial charge in [0.25, 0.3) is 0 Å². The van der Waals surface area contributed by atoms with E-state index in [1.165, 1.54) is 13.1 Å². The number of hydrogen-bond acceptors (Lipinski definition) is 3. The van der Waals surface area contributed by atoms with Crippen molar-refractivity contribution in [2.75, 3.05) is 6.54 Å². The number of carbonyl (C=O) groups excluding carboxylic acids is 1. The molecule has 16 heavy (non-hydrogen) atoms. The molecule has 1 rings (SSSR count). The average molecular weight is 218 g/mol. The molecule has 0 saturated heterocycles. The van der Waals surface area contributed by atoms with E-state index in [1.54, 1.807) is 0 Å². The van der Waals surface area contributed by atoms with Crippen molar-refractivity contribution >= 4 is 18.2 Å². The molecule has 0 aliphatic carbocycles. The van der Waals surface area contributed by atoms with Crippen LogP contribution in [0.5, 0.6) is 0 Å². The zero-order valence-electron chi connectivity index (χ0n) is 9.05. The third-order valence-corrected chi connectivity index (χ3v) is 1.90. The van der Waals surface area contributed by atoms with Gasteiger partial charge in [0, 0.05) is 13.5 Å². The van der Waals surface area contributed by atoms with Gasteiger partial charge < -0.3 is 10.5 Å². The molecule has 1 aromatic carbocycles. The van der Waals surface area contributed by atoms with E-state index in [1.807, 2.05) is 36.4 Å². The summed E-state index contributed by atoms with van der Waals surface area (Å²) in [7, 11) is 0. The van der Waals surface area contributed by atoms with Gasteiger partial charge in [-0.25, -0.2) is 0 Å². The summed E-state index contributed by atoms with van der Waals surface area (Å²) in [5.74, 6) is -0.0502. The van der Waals surface area contributed by atoms with E-state index < -0.39 is 0 Å². The zero-order chi connectivity index (χ0) is 11.8. The molecule has 1 aromatic rings. The predicted molar refractivity (Wildman–Crippen MR) is 63.5 cm³/mol. The van der Waals surface area contributed by atoms with Crippen LogP contribution < -0.4 is 5.32 Å². The van der Waals surface area contributed by atoms with Crippen molar-refractivity contribution < 1.29 is 10.0 Å². The van der Waals surface area contributed by atoms with Crippen LogP contribution in [0.1, 0.15) is 18.1 Å². The Morgan fingerprint density at radius 2 is 2.25 bits per heavy atom. The van der Waals surface area contributed by atoms with Crippen molar-refractivity contribution in [3.05, 3.63) is 41.5 Å². The Morgan fingerprint density at radius 1 is 1.50 bits per heavy atom. The summed E-state index contributed by atoms with van der Waals surface area (Å²) in [5, 5.41) is 14.0. The SMILES string of the molecule is CC(=O)NCC=Cc1cccc(C=NO)c1. The van der Waals surface area contributed by atoms with Crippen LogP contribution in [-0.4, -0.2) is 23.9 Å². The van der Waals surface area contributed by atoms with E-state index >= 15 is 0 Å². The summed E-state index contributed by atoms with van der Waals surface area (Å²) >= 11 is 0. The summed E-state index contributed by atoms with van der Waals surface area (Å²) in [4.78, 5) is 10.6. The fourth-order valence-electron chi connectivity index (χ4n) is 1.21. The lowest BCUT2D eigenvalue weighted by Crippen LogP contribution is -2.19. The fourth-order valence-corrected chi connectivity index (χ4v) is 1.21. The van der Waals surface area contributed by atoms with E-state index in [2.05, 4.69) is 10.5 Å². The van der Waals surface area contributed by atoms with Gasteiger partial charge in [0.1, 0.15) is 0 Å². The maximum atomic E-state index is 10.6. The molecule has 2 N–H and O–H groups in total. The van der Waals surface area contributed by atoms with Gasteiger partial charge >= 0.3 is 0 Å². The second kappa shape index (κ2) is 6.40. The van der Waals surface area contributed by atoms with Crippen molar-refractivity contribution in [1.82, 2.24) is 5.32 Å². The van der Waals surface area contributed by atoms with Gasteiger partial charge in [0.05, 0.1) is 6.21 Å². The Morgan fingerprint density at radius 3 is 2.94 bits per heavy atom. The minimum Gasteiger partial charge on any atom is -0.411 e. The molecule has 0 aliphatic heterocycles. The number of carbonyl (C=O) groups is 1. The van der Waals surface area contributed by atoms with Crippen LogP contribution in [0.25, 0.3) is 6.08 Å². The van der Waals surface area contributed by atoms with Crippen LogP contribution in [-0.2, 0) is 4.79 Å². The van der Waals surface area contributed by atoms with E-state index in [4.69, 9.17) is 5.21 Å². The van der Waals surface area contributed by atoms with Gasteiger partial charge in [-0.3, -0.25) is 4.79 Å². The summed E-state index contributed by atoms with van der Waals surface area (Å²) in [5.41, 5.74) is 1.81. The van der Waals surface area contributed by atoms with Crippen LogP contribution in [0.15, 0.2) is 35.5 Å². The highest BCUT2D eigenvalue weighted by atomic mass is 16.4. The Kier molecular flexibility index (Phi) is 4.79. The molecule has 1 amide bonds. The monoisotopic (exact) mass is 218 g/mol.